The van der Waals surface area contributed by atoms with Crippen LogP contribution in [0.4, 0.5) is 17.3 Å². The molecule has 1 amide bonds. The largest absolute Gasteiger partial charge is 0.350 e. The standard InChI is InChI=1S/C24H17N9O/c34-24(32-22-13-25-7-8-26-22)20-10-14-1-2-15(11-19(14)30-20)23-27-6-5-21(31-23)29-17-3-4-18-16(9-17)12-28-33-18/h1-13,30H,(H,28,33)(H,26,32,34)(H,27,29,31). The van der Waals surface area contributed by atoms with Crippen molar-refractivity contribution < 1.29 is 4.79 Å². The number of anilines is 3. The van der Waals surface area contributed by atoms with Crippen LogP contribution < -0.4 is 10.6 Å². The molecule has 4 heterocycles. The number of carbonyl (C=O) groups excluding carboxylic acids is 1. The molecule has 34 heavy (non-hydrogen) atoms. The highest BCUT2D eigenvalue weighted by Gasteiger charge is 2.12. The van der Waals surface area contributed by atoms with Gasteiger partial charge in [-0.25, -0.2) is 15.0 Å². The summed E-state index contributed by atoms with van der Waals surface area (Å²) < 4.78 is 0. The fourth-order valence-corrected chi connectivity index (χ4v) is 3.67. The molecule has 6 rings (SSSR count). The van der Waals surface area contributed by atoms with Crippen molar-refractivity contribution in [2.45, 2.75) is 0 Å². The molecule has 0 unspecified atom stereocenters. The van der Waals surface area contributed by atoms with E-state index in [1.54, 1.807) is 24.7 Å². The second-order valence-corrected chi connectivity index (χ2v) is 7.59. The molecule has 164 valence electrons. The minimum atomic E-state index is -0.296. The summed E-state index contributed by atoms with van der Waals surface area (Å²) >= 11 is 0. The van der Waals surface area contributed by atoms with Crippen molar-refractivity contribution in [2.75, 3.05) is 10.6 Å². The van der Waals surface area contributed by atoms with Gasteiger partial charge in [-0.15, -0.1) is 0 Å². The number of nitrogens with one attached hydrogen (secondary N) is 4. The van der Waals surface area contributed by atoms with Gasteiger partial charge >= 0.3 is 0 Å². The van der Waals surface area contributed by atoms with Gasteiger partial charge in [0.2, 0.25) is 0 Å². The highest BCUT2D eigenvalue weighted by Crippen LogP contribution is 2.25. The number of carbonyl (C=O) groups is 1. The normalized spacial score (nSPS) is 11.1. The van der Waals surface area contributed by atoms with E-state index in [1.807, 2.05) is 42.5 Å². The Morgan fingerprint density at radius 1 is 0.824 bits per heavy atom. The summed E-state index contributed by atoms with van der Waals surface area (Å²) in [6, 6.07) is 15.3. The minimum Gasteiger partial charge on any atom is -0.350 e. The van der Waals surface area contributed by atoms with Crippen LogP contribution in [0.5, 0.6) is 0 Å². The maximum atomic E-state index is 12.6. The first-order valence-corrected chi connectivity index (χ1v) is 10.4. The molecule has 0 bridgehead atoms. The van der Waals surface area contributed by atoms with Crippen molar-refractivity contribution in [2.24, 2.45) is 0 Å². The van der Waals surface area contributed by atoms with Crippen molar-refractivity contribution in [1.29, 1.82) is 0 Å². The zero-order valence-corrected chi connectivity index (χ0v) is 17.6. The minimum absolute atomic E-state index is 0.296. The topological polar surface area (TPSA) is 137 Å². The van der Waals surface area contributed by atoms with Crippen molar-refractivity contribution in [1.82, 2.24) is 35.1 Å². The van der Waals surface area contributed by atoms with E-state index >= 15 is 0 Å². The highest BCUT2D eigenvalue weighted by molar-refractivity contribution is 6.05. The first-order valence-electron chi connectivity index (χ1n) is 10.4. The summed E-state index contributed by atoms with van der Waals surface area (Å²) in [6.07, 6.45) is 8.04. The predicted molar refractivity (Wildman–Crippen MR) is 129 cm³/mol. The molecule has 0 aliphatic rings. The van der Waals surface area contributed by atoms with Crippen LogP contribution in [0.2, 0.25) is 0 Å². The van der Waals surface area contributed by atoms with Gasteiger partial charge in [0.15, 0.2) is 11.6 Å². The molecule has 2 aromatic carbocycles. The van der Waals surface area contributed by atoms with E-state index in [4.69, 9.17) is 0 Å². The van der Waals surface area contributed by atoms with E-state index in [0.29, 0.717) is 23.2 Å². The third-order valence-electron chi connectivity index (χ3n) is 5.30. The zero-order chi connectivity index (χ0) is 22.9. The van der Waals surface area contributed by atoms with Crippen molar-refractivity contribution >= 4 is 45.0 Å². The first kappa shape index (κ1) is 19.6. The lowest BCUT2D eigenvalue weighted by atomic mass is 10.1. The van der Waals surface area contributed by atoms with Gasteiger partial charge in [-0.05, 0) is 36.4 Å². The van der Waals surface area contributed by atoms with Crippen LogP contribution in [0, 0.1) is 0 Å². The lowest BCUT2D eigenvalue weighted by Gasteiger charge is -2.07. The number of hydrogen-bond acceptors (Lipinski definition) is 7. The number of H-pyrrole nitrogens is 2. The van der Waals surface area contributed by atoms with Gasteiger partial charge in [0.05, 0.1) is 17.9 Å². The van der Waals surface area contributed by atoms with Crippen molar-refractivity contribution in [3.05, 3.63) is 85.2 Å². The number of hydrogen-bond donors (Lipinski definition) is 4. The quantitative estimate of drug-likeness (QED) is 0.309. The van der Waals surface area contributed by atoms with Crippen LogP contribution >= 0.6 is 0 Å². The fourth-order valence-electron chi connectivity index (χ4n) is 3.67. The van der Waals surface area contributed by atoms with Crippen LogP contribution in [0.25, 0.3) is 33.2 Å². The third-order valence-corrected chi connectivity index (χ3v) is 5.30. The number of aromatic nitrogens is 7. The lowest BCUT2D eigenvalue weighted by Crippen LogP contribution is -2.13. The van der Waals surface area contributed by atoms with E-state index in [-0.39, 0.29) is 5.91 Å². The Kier molecular flexibility index (Phi) is 4.66. The number of amides is 1. The maximum Gasteiger partial charge on any atom is 0.273 e. The van der Waals surface area contributed by atoms with Crippen LogP contribution in [-0.2, 0) is 0 Å². The van der Waals surface area contributed by atoms with Gasteiger partial charge < -0.3 is 15.6 Å². The van der Waals surface area contributed by atoms with Gasteiger partial charge in [-0.2, -0.15) is 5.10 Å². The molecule has 0 fully saturated rings. The van der Waals surface area contributed by atoms with Crippen LogP contribution in [0.3, 0.4) is 0 Å². The molecule has 0 atom stereocenters. The Bertz CT molecular complexity index is 1640. The van der Waals surface area contributed by atoms with Gasteiger partial charge in [0, 0.05) is 46.1 Å². The molecule has 0 spiro atoms. The average molecular weight is 447 g/mol. The lowest BCUT2D eigenvalue weighted by molar-refractivity contribution is 0.102. The maximum absolute atomic E-state index is 12.6. The smallest absolute Gasteiger partial charge is 0.273 e. The number of rotatable bonds is 5. The number of nitrogens with zero attached hydrogens (tertiary/aromatic N) is 5. The van der Waals surface area contributed by atoms with E-state index < -0.39 is 0 Å². The summed E-state index contributed by atoms with van der Waals surface area (Å²) in [6.45, 7) is 0. The predicted octanol–water partition coefficient (Wildman–Crippen LogP) is 4.29. The molecule has 0 aliphatic carbocycles. The summed E-state index contributed by atoms with van der Waals surface area (Å²) in [5, 5.41) is 14.9. The van der Waals surface area contributed by atoms with Crippen LogP contribution in [0.1, 0.15) is 10.5 Å². The molecule has 0 saturated heterocycles. The Morgan fingerprint density at radius 2 is 1.79 bits per heavy atom. The molecule has 6 aromatic rings. The fraction of sp³-hybridized carbons (Fsp3) is 0. The highest BCUT2D eigenvalue weighted by atomic mass is 16.1. The molecular formula is C24H17N9O. The molecule has 0 aliphatic heterocycles. The van der Waals surface area contributed by atoms with Crippen LogP contribution in [0.15, 0.2) is 79.5 Å². The third kappa shape index (κ3) is 3.79. The van der Waals surface area contributed by atoms with E-state index in [2.05, 4.69) is 45.8 Å². The first-order chi connectivity index (χ1) is 16.7. The monoisotopic (exact) mass is 447 g/mol. The molecule has 4 aromatic heterocycles. The number of fused-ring (bicyclic) bond motifs is 2. The van der Waals surface area contributed by atoms with E-state index in [0.717, 1.165) is 33.1 Å². The van der Waals surface area contributed by atoms with Gasteiger partial charge in [-0.1, -0.05) is 12.1 Å². The summed E-state index contributed by atoms with van der Waals surface area (Å²) in [5.74, 6) is 1.33. The van der Waals surface area contributed by atoms with E-state index in [1.165, 1.54) is 12.4 Å². The molecule has 10 heteroatoms. The average Bonchev–Trinajstić information content (AvgIpc) is 3.51. The van der Waals surface area contributed by atoms with E-state index in [9.17, 15) is 4.79 Å². The van der Waals surface area contributed by atoms with Crippen molar-refractivity contribution in [3.63, 3.8) is 0 Å². The van der Waals surface area contributed by atoms with Crippen LogP contribution in [-0.4, -0.2) is 41.0 Å². The molecule has 0 saturated carbocycles. The molecular weight excluding hydrogens is 430 g/mol. The Labute approximate surface area is 192 Å². The summed E-state index contributed by atoms with van der Waals surface area (Å²) in [7, 11) is 0. The molecule has 0 radical (unpaired) electrons. The zero-order valence-electron chi connectivity index (χ0n) is 17.6. The molecule has 10 nitrogen and oxygen atoms in total. The SMILES string of the molecule is O=C(Nc1cnccn1)c1cc2ccc(-c3nccc(Nc4ccc5[nH]ncc5c4)n3)cc2[nH]1. The molecule has 4 N–H and O–H groups in total. The summed E-state index contributed by atoms with van der Waals surface area (Å²) in [5.41, 5.74) is 3.91. The van der Waals surface area contributed by atoms with Crippen molar-refractivity contribution in [3.8, 4) is 11.4 Å². The number of aromatic amines is 2. The van der Waals surface area contributed by atoms with Gasteiger partial charge in [0.1, 0.15) is 11.5 Å². The second kappa shape index (κ2) is 8.10. The Balaban J connectivity index is 1.25. The summed E-state index contributed by atoms with van der Waals surface area (Å²) in [4.78, 5) is 32.8. The van der Waals surface area contributed by atoms with Gasteiger partial charge in [-0.3, -0.25) is 14.9 Å². The Hall–Kier alpha value is -5.12. The Morgan fingerprint density at radius 3 is 2.71 bits per heavy atom. The number of benzene rings is 2. The second-order valence-electron chi connectivity index (χ2n) is 7.59. The van der Waals surface area contributed by atoms with Gasteiger partial charge in [0.25, 0.3) is 5.91 Å².